The molecule has 0 bridgehead atoms. The van der Waals surface area contributed by atoms with Gasteiger partial charge in [0.05, 0.1) is 17.2 Å². The molecule has 1 heterocycles. The number of amides is 3. The lowest BCUT2D eigenvalue weighted by Crippen LogP contribution is -2.48. The van der Waals surface area contributed by atoms with Crippen LogP contribution in [0.3, 0.4) is 0 Å². The molecule has 26 heavy (non-hydrogen) atoms. The van der Waals surface area contributed by atoms with Crippen molar-refractivity contribution in [3.63, 3.8) is 0 Å². The van der Waals surface area contributed by atoms with Crippen molar-refractivity contribution in [2.75, 3.05) is 13.2 Å². The van der Waals surface area contributed by atoms with Crippen LogP contribution < -0.4 is 5.32 Å². The van der Waals surface area contributed by atoms with Gasteiger partial charge in [-0.05, 0) is 38.3 Å². The van der Waals surface area contributed by atoms with E-state index in [1.807, 2.05) is 0 Å². The Morgan fingerprint density at radius 1 is 1.15 bits per heavy atom. The molecule has 1 unspecified atom stereocenters. The Morgan fingerprint density at radius 3 is 2.38 bits per heavy atom. The monoisotopic (exact) mass is 358 g/mol. The molecule has 1 fully saturated rings. The first kappa shape index (κ1) is 18.6. The van der Waals surface area contributed by atoms with E-state index in [0.29, 0.717) is 30.4 Å². The van der Waals surface area contributed by atoms with Gasteiger partial charge in [-0.15, -0.1) is 0 Å². The van der Waals surface area contributed by atoms with Gasteiger partial charge >= 0.3 is 0 Å². The number of fused-ring (bicyclic) bond motifs is 1. The minimum atomic E-state index is -0.832. The molecule has 140 valence electrons. The zero-order valence-electron chi connectivity index (χ0n) is 15.2. The molecule has 1 aromatic carbocycles. The van der Waals surface area contributed by atoms with Gasteiger partial charge in [0, 0.05) is 13.2 Å². The smallest absolute Gasteiger partial charge is 0.262 e. The summed E-state index contributed by atoms with van der Waals surface area (Å²) in [5.41, 5.74) is 0.719. The van der Waals surface area contributed by atoms with Crippen LogP contribution in [0.4, 0.5) is 0 Å². The number of nitrogens with one attached hydrogen (secondary N) is 1. The summed E-state index contributed by atoms with van der Waals surface area (Å²) in [6.07, 6.45) is 7.10. The number of ether oxygens (including phenoxy) is 1. The van der Waals surface area contributed by atoms with Gasteiger partial charge in [0.2, 0.25) is 5.91 Å². The van der Waals surface area contributed by atoms with Crippen LogP contribution >= 0.6 is 0 Å². The maximum atomic E-state index is 12.4. The molecule has 1 aliphatic heterocycles. The predicted octanol–water partition coefficient (Wildman–Crippen LogP) is 2.53. The first-order chi connectivity index (χ1) is 12.6. The zero-order valence-corrected chi connectivity index (χ0v) is 15.2. The first-order valence-electron chi connectivity index (χ1n) is 9.46. The maximum absolute atomic E-state index is 12.4. The Kier molecular flexibility index (Phi) is 6.04. The van der Waals surface area contributed by atoms with Crippen LogP contribution in [0.15, 0.2) is 24.3 Å². The highest BCUT2D eigenvalue weighted by molar-refractivity contribution is 6.22. The summed E-state index contributed by atoms with van der Waals surface area (Å²) < 4.78 is 5.83. The minimum absolute atomic E-state index is 0.322. The second kappa shape index (κ2) is 8.45. The quantitative estimate of drug-likeness (QED) is 0.600. The molecule has 1 aliphatic carbocycles. The summed E-state index contributed by atoms with van der Waals surface area (Å²) in [5, 5.41) is 2.80. The second-order valence-corrected chi connectivity index (χ2v) is 6.98. The Bertz CT molecular complexity index is 647. The number of nitrogens with zero attached hydrogens (tertiary/aromatic N) is 1. The van der Waals surface area contributed by atoms with Crippen molar-refractivity contribution in [1.29, 1.82) is 0 Å². The van der Waals surface area contributed by atoms with Gasteiger partial charge in [-0.25, -0.2) is 0 Å². The SMILES string of the molecule is CC(C(=O)NCCCOC1CCCCC1)N1C(=O)c2ccccc2C1=O. The number of hydrogen-bond acceptors (Lipinski definition) is 4. The van der Waals surface area contributed by atoms with Crippen LogP contribution in [0.25, 0.3) is 0 Å². The lowest BCUT2D eigenvalue weighted by atomic mass is 9.98. The van der Waals surface area contributed by atoms with Gasteiger partial charge in [0.25, 0.3) is 11.8 Å². The summed E-state index contributed by atoms with van der Waals surface area (Å²) in [4.78, 5) is 38.2. The zero-order chi connectivity index (χ0) is 18.5. The number of carbonyl (C=O) groups is 3. The fourth-order valence-electron chi connectivity index (χ4n) is 3.59. The Balaban J connectivity index is 1.43. The van der Waals surface area contributed by atoms with Crippen molar-refractivity contribution in [3.8, 4) is 0 Å². The number of imide groups is 1. The molecule has 6 heteroatoms. The van der Waals surface area contributed by atoms with Crippen molar-refractivity contribution in [2.24, 2.45) is 0 Å². The van der Waals surface area contributed by atoms with E-state index in [-0.39, 0.29) is 5.91 Å². The van der Waals surface area contributed by atoms with Gasteiger partial charge in [0.1, 0.15) is 6.04 Å². The van der Waals surface area contributed by atoms with Crippen LogP contribution in [0.1, 0.15) is 66.2 Å². The van der Waals surface area contributed by atoms with E-state index in [9.17, 15) is 14.4 Å². The standard InChI is InChI=1S/C20H26N2O4/c1-14(22-19(24)16-10-5-6-11-17(16)20(22)25)18(23)21-12-7-13-26-15-8-3-2-4-9-15/h5-6,10-11,14-15H,2-4,7-9,12-13H2,1H3,(H,21,23). The molecule has 0 radical (unpaired) electrons. The summed E-state index contributed by atoms with van der Waals surface area (Å²) in [6.45, 7) is 2.67. The van der Waals surface area contributed by atoms with Gasteiger partial charge < -0.3 is 10.1 Å². The lowest BCUT2D eigenvalue weighted by Gasteiger charge is -2.23. The number of carbonyl (C=O) groups excluding carboxylic acids is 3. The molecule has 1 atom stereocenters. The molecule has 3 rings (SSSR count). The molecule has 0 aromatic heterocycles. The average Bonchev–Trinajstić information content (AvgIpc) is 2.92. The van der Waals surface area contributed by atoms with Crippen LogP contribution in [-0.4, -0.2) is 47.9 Å². The van der Waals surface area contributed by atoms with E-state index >= 15 is 0 Å². The van der Waals surface area contributed by atoms with Gasteiger partial charge in [-0.2, -0.15) is 0 Å². The van der Waals surface area contributed by atoms with Crippen molar-refractivity contribution in [3.05, 3.63) is 35.4 Å². The Hall–Kier alpha value is -2.21. The molecule has 6 nitrogen and oxygen atoms in total. The van der Waals surface area contributed by atoms with Crippen LogP contribution in [0, 0.1) is 0 Å². The number of rotatable bonds is 7. The number of hydrogen-bond donors (Lipinski definition) is 1. The Morgan fingerprint density at radius 2 is 1.77 bits per heavy atom. The molecule has 0 spiro atoms. The van der Waals surface area contributed by atoms with Crippen molar-refractivity contribution < 1.29 is 19.1 Å². The van der Waals surface area contributed by atoms with Crippen LogP contribution in [0.5, 0.6) is 0 Å². The first-order valence-corrected chi connectivity index (χ1v) is 9.46. The van der Waals surface area contributed by atoms with Crippen molar-refractivity contribution in [1.82, 2.24) is 10.2 Å². The van der Waals surface area contributed by atoms with Crippen LogP contribution in [0.2, 0.25) is 0 Å². The summed E-state index contributed by atoms with van der Waals surface area (Å²) in [5.74, 6) is -1.14. The highest BCUT2D eigenvalue weighted by Crippen LogP contribution is 2.24. The highest BCUT2D eigenvalue weighted by Gasteiger charge is 2.40. The van der Waals surface area contributed by atoms with Crippen LogP contribution in [-0.2, 0) is 9.53 Å². The van der Waals surface area contributed by atoms with Gasteiger partial charge in [0.15, 0.2) is 0 Å². The van der Waals surface area contributed by atoms with Crippen molar-refractivity contribution in [2.45, 2.75) is 57.6 Å². The Labute approximate surface area is 153 Å². The van der Waals surface area contributed by atoms with Crippen molar-refractivity contribution >= 4 is 17.7 Å². The molecular weight excluding hydrogens is 332 g/mol. The minimum Gasteiger partial charge on any atom is -0.378 e. The van der Waals surface area contributed by atoms with Gasteiger partial charge in [-0.3, -0.25) is 19.3 Å². The predicted molar refractivity (Wildman–Crippen MR) is 96.9 cm³/mol. The molecule has 3 amide bonds. The van der Waals surface area contributed by atoms with E-state index in [4.69, 9.17) is 4.74 Å². The summed E-state index contributed by atoms with van der Waals surface area (Å²) in [6, 6.07) is 5.82. The van der Waals surface area contributed by atoms with E-state index in [2.05, 4.69) is 5.32 Å². The van der Waals surface area contributed by atoms with E-state index in [1.54, 1.807) is 31.2 Å². The summed E-state index contributed by atoms with van der Waals surface area (Å²) in [7, 11) is 0. The summed E-state index contributed by atoms with van der Waals surface area (Å²) >= 11 is 0. The largest absolute Gasteiger partial charge is 0.378 e. The van der Waals surface area contributed by atoms with E-state index in [1.165, 1.54) is 19.3 Å². The third-order valence-corrected chi connectivity index (χ3v) is 5.12. The lowest BCUT2D eigenvalue weighted by molar-refractivity contribution is -0.124. The molecular formula is C20H26N2O4. The van der Waals surface area contributed by atoms with E-state index < -0.39 is 17.9 Å². The fourth-order valence-corrected chi connectivity index (χ4v) is 3.59. The third kappa shape index (κ3) is 3.96. The molecule has 1 aromatic rings. The van der Waals surface area contributed by atoms with E-state index in [0.717, 1.165) is 24.2 Å². The number of benzene rings is 1. The normalized spacial score (nSPS) is 18.7. The second-order valence-electron chi connectivity index (χ2n) is 6.98. The topological polar surface area (TPSA) is 75.7 Å². The molecule has 1 saturated carbocycles. The van der Waals surface area contributed by atoms with Gasteiger partial charge in [-0.1, -0.05) is 31.4 Å². The maximum Gasteiger partial charge on any atom is 0.262 e. The molecule has 0 saturated heterocycles. The highest BCUT2D eigenvalue weighted by atomic mass is 16.5. The molecule has 1 N–H and O–H groups in total. The average molecular weight is 358 g/mol. The fraction of sp³-hybridized carbons (Fsp3) is 0.550. The molecule has 2 aliphatic rings. The third-order valence-electron chi connectivity index (χ3n) is 5.12.